The predicted molar refractivity (Wildman–Crippen MR) is 112 cm³/mol. The topological polar surface area (TPSA) is 57.7 Å². The summed E-state index contributed by atoms with van der Waals surface area (Å²) in [4.78, 5) is 16.7. The lowest BCUT2D eigenvalue weighted by Gasteiger charge is -2.43. The van der Waals surface area contributed by atoms with Crippen LogP contribution in [0.25, 0.3) is 0 Å². The Morgan fingerprint density at radius 3 is 2.50 bits per heavy atom. The van der Waals surface area contributed by atoms with Gasteiger partial charge in [0.2, 0.25) is 5.91 Å². The van der Waals surface area contributed by atoms with E-state index in [9.17, 15) is 13.2 Å². The first-order chi connectivity index (χ1) is 13.4. The van der Waals surface area contributed by atoms with Crippen molar-refractivity contribution < 1.29 is 13.2 Å². The Kier molecular flexibility index (Phi) is 5.45. The van der Waals surface area contributed by atoms with Crippen LogP contribution in [0.5, 0.6) is 0 Å². The number of hydrogen-bond donors (Lipinski definition) is 0. The summed E-state index contributed by atoms with van der Waals surface area (Å²) in [5.74, 6) is 0.0404. The molecule has 2 fully saturated rings. The molecule has 7 heteroatoms. The summed E-state index contributed by atoms with van der Waals surface area (Å²) in [6.07, 6.45) is 1.80. The minimum Gasteiger partial charge on any atom is -0.306 e. The van der Waals surface area contributed by atoms with Crippen LogP contribution < -0.4 is 4.90 Å². The number of benzene rings is 2. The Hall–Kier alpha value is -1.89. The maximum Gasteiger partial charge on any atom is 0.241 e. The van der Waals surface area contributed by atoms with E-state index in [-0.39, 0.29) is 36.0 Å². The number of hydrogen-bond acceptors (Lipinski definition) is 4. The zero-order valence-electron chi connectivity index (χ0n) is 15.5. The normalized spacial score (nSPS) is 24.3. The van der Waals surface area contributed by atoms with Crippen molar-refractivity contribution in [2.75, 3.05) is 29.5 Å². The van der Waals surface area contributed by atoms with Crippen molar-refractivity contribution in [2.45, 2.75) is 24.9 Å². The summed E-state index contributed by atoms with van der Waals surface area (Å²) in [5, 5.41) is 0.535. The SMILES string of the molecule is O=C1CN(CCCc2ccccc2)C2CS(=O)(=O)CC2N1c1cccc(Cl)c1. The lowest BCUT2D eigenvalue weighted by atomic mass is 10.0. The van der Waals surface area contributed by atoms with Crippen LogP contribution >= 0.6 is 11.6 Å². The molecule has 2 aromatic rings. The average Bonchev–Trinajstić information content (AvgIpc) is 2.97. The second kappa shape index (κ2) is 7.85. The molecule has 2 saturated heterocycles. The van der Waals surface area contributed by atoms with Gasteiger partial charge in [-0.05, 0) is 43.1 Å². The van der Waals surface area contributed by atoms with Crippen LogP contribution in [0.2, 0.25) is 5.02 Å². The Morgan fingerprint density at radius 1 is 1.00 bits per heavy atom. The Balaban J connectivity index is 1.53. The lowest BCUT2D eigenvalue weighted by molar-refractivity contribution is -0.123. The fourth-order valence-corrected chi connectivity index (χ4v) is 6.46. The van der Waals surface area contributed by atoms with Crippen molar-refractivity contribution in [2.24, 2.45) is 0 Å². The molecular formula is C21H23ClN2O3S. The number of carbonyl (C=O) groups is 1. The molecule has 2 heterocycles. The summed E-state index contributed by atoms with van der Waals surface area (Å²) in [6.45, 7) is 0.943. The van der Waals surface area contributed by atoms with Gasteiger partial charge < -0.3 is 4.90 Å². The Bertz CT molecular complexity index is 965. The average molecular weight is 419 g/mol. The molecule has 0 bridgehead atoms. The van der Waals surface area contributed by atoms with E-state index >= 15 is 0 Å². The van der Waals surface area contributed by atoms with Crippen LogP contribution in [0.1, 0.15) is 12.0 Å². The monoisotopic (exact) mass is 418 g/mol. The molecule has 5 nitrogen and oxygen atoms in total. The van der Waals surface area contributed by atoms with Crippen LogP contribution in [0.3, 0.4) is 0 Å². The molecule has 28 heavy (non-hydrogen) atoms. The predicted octanol–water partition coefficient (Wildman–Crippen LogP) is 2.79. The standard InChI is InChI=1S/C21H23ClN2O3S/c22-17-9-4-10-18(12-17)24-20-15-28(26,27)14-19(20)23(13-21(24)25)11-5-8-16-6-2-1-3-7-16/h1-4,6-7,9-10,12,19-20H,5,8,11,13-15H2. The summed E-state index contributed by atoms with van der Waals surface area (Å²) in [5.41, 5.74) is 1.93. The van der Waals surface area contributed by atoms with E-state index in [1.807, 2.05) is 24.3 Å². The number of piperazine rings is 1. The number of halogens is 1. The number of amides is 1. The third-order valence-corrected chi connectivity index (χ3v) is 7.48. The summed E-state index contributed by atoms with van der Waals surface area (Å²) in [6, 6.07) is 16.8. The molecule has 2 aliphatic rings. The largest absolute Gasteiger partial charge is 0.306 e. The van der Waals surface area contributed by atoms with Crippen LogP contribution in [0.4, 0.5) is 5.69 Å². The van der Waals surface area contributed by atoms with Crippen LogP contribution in [-0.2, 0) is 21.1 Å². The van der Waals surface area contributed by atoms with Gasteiger partial charge in [-0.25, -0.2) is 8.42 Å². The highest BCUT2D eigenvalue weighted by molar-refractivity contribution is 7.91. The molecule has 148 valence electrons. The second-order valence-electron chi connectivity index (χ2n) is 7.51. The maximum absolute atomic E-state index is 12.9. The molecule has 2 aromatic carbocycles. The zero-order valence-corrected chi connectivity index (χ0v) is 17.1. The number of anilines is 1. The van der Waals surface area contributed by atoms with Crippen molar-refractivity contribution in [3.8, 4) is 0 Å². The summed E-state index contributed by atoms with van der Waals surface area (Å²) in [7, 11) is -3.18. The first-order valence-corrected chi connectivity index (χ1v) is 11.7. The van der Waals surface area contributed by atoms with Gasteiger partial charge >= 0.3 is 0 Å². The molecule has 0 saturated carbocycles. The van der Waals surface area contributed by atoms with E-state index < -0.39 is 9.84 Å². The number of sulfone groups is 1. The number of aryl methyl sites for hydroxylation is 1. The highest BCUT2D eigenvalue weighted by atomic mass is 35.5. The summed E-state index contributed by atoms with van der Waals surface area (Å²) < 4.78 is 24.8. The molecule has 2 atom stereocenters. The number of nitrogens with zero attached hydrogens (tertiary/aromatic N) is 2. The molecule has 0 radical (unpaired) electrons. The Labute approximate surface area is 170 Å². The Morgan fingerprint density at radius 2 is 1.75 bits per heavy atom. The molecule has 2 unspecified atom stereocenters. The van der Waals surface area contributed by atoms with E-state index in [2.05, 4.69) is 17.0 Å². The second-order valence-corrected chi connectivity index (χ2v) is 10.1. The van der Waals surface area contributed by atoms with Gasteiger partial charge in [-0.2, -0.15) is 0 Å². The summed E-state index contributed by atoms with van der Waals surface area (Å²) >= 11 is 6.10. The molecule has 1 amide bonds. The van der Waals surface area contributed by atoms with E-state index in [4.69, 9.17) is 11.6 Å². The molecule has 4 rings (SSSR count). The van der Waals surface area contributed by atoms with E-state index in [1.165, 1.54) is 5.56 Å². The first kappa shape index (κ1) is 19.4. The molecule has 0 spiro atoms. The lowest BCUT2D eigenvalue weighted by Crippen LogP contribution is -2.62. The van der Waals surface area contributed by atoms with E-state index in [0.29, 0.717) is 17.3 Å². The molecular weight excluding hydrogens is 396 g/mol. The first-order valence-electron chi connectivity index (χ1n) is 9.49. The maximum atomic E-state index is 12.9. The fourth-order valence-electron chi connectivity index (χ4n) is 4.30. The molecule has 0 aromatic heterocycles. The quantitative estimate of drug-likeness (QED) is 0.749. The van der Waals surface area contributed by atoms with Gasteiger partial charge in [0.1, 0.15) is 0 Å². The minimum atomic E-state index is -3.18. The van der Waals surface area contributed by atoms with E-state index in [0.717, 1.165) is 12.8 Å². The number of rotatable bonds is 5. The van der Waals surface area contributed by atoms with Crippen molar-refractivity contribution in [1.82, 2.24) is 4.90 Å². The van der Waals surface area contributed by atoms with Crippen LogP contribution in [0.15, 0.2) is 54.6 Å². The smallest absolute Gasteiger partial charge is 0.241 e. The number of fused-ring (bicyclic) bond motifs is 1. The van der Waals surface area contributed by atoms with Gasteiger partial charge in [0.15, 0.2) is 9.84 Å². The number of carbonyl (C=O) groups excluding carboxylic acids is 1. The fraction of sp³-hybridized carbons (Fsp3) is 0.381. The van der Waals surface area contributed by atoms with Gasteiger partial charge in [0.05, 0.1) is 24.1 Å². The van der Waals surface area contributed by atoms with Crippen LogP contribution in [-0.4, -0.2) is 55.9 Å². The third-order valence-electron chi connectivity index (χ3n) is 5.54. The van der Waals surface area contributed by atoms with Crippen molar-refractivity contribution >= 4 is 33.0 Å². The van der Waals surface area contributed by atoms with Gasteiger partial charge in [-0.15, -0.1) is 0 Å². The van der Waals surface area contributed by atoms with Crippen molar-refractivity contribution in [1.29, 1.82) is 0 Å². The van der Waals surface area contributed by atoms with Crippen LogP contribution in [0, 0.1) is 0 Å². The third kappa shape index (κ3) is 4.09. The van der Waals surface area contributed by atoms with Gasteiger partial charge in [-0.3, -0.25) is 9.69 Å². The highest BCUT2D eigenvalue weighted by Crippen LogP contribution is 2.32. The zero-order chi connectivity index (χ0) is 19.7. The van der Waals surface area contributed by atoms with Gasteiger partial charge in [0, 0.05) is 16.8 Å². The minimum absolute atomic E-state index is 0.00506. The molecule has 2 aliphatic heterocycles. The van der Waals surface area contributed by atoms with Crippen molar-refractivity contribution in [3.05, 3.63) is 65.2 Å². The van der Waals surface area contributed by atoms with E-state index in [1.54, 1.807) is 23.1 Å². The van der Waals surface area contributed by atoms with Gasteiger partial charge in [0.25, 0.3) is 0 Å². The van der Waals surface area contributed by atoms with Gasteiger partial charge in [-0.1, -0.05) is 48.0 Å². The van der Waals surface area contributed by atoms with Crippen molar-refractivity contribution in [3.63, 3.8) is 0 Å². The highest BCUT2D eigenvalue weighted by Gasteiger charge is 2.49. The molecule has 0 N–H and O–H groups in total. The molecule has 0 aliphatic carbocycles.